The van der Waals surface area contributed by atoms with Crippen LogP contribution in [0.2, 0.25) is 0 Å². The molecular formula is C16H23N3O. The number of nitrogens with zero attached hydrogens (tertiary/aromatic N) is 2. The molecule has 4 rings (SSSR count). The second-order valence-electron chi connectivity index (χ2n) is 6.74. The summed E-state index contributed by atoms with van der Waals surface area (Å²) in [5, 5.41) is 7.34. The number of amides is 1. The predicted octanol–water partition coefficient (Wildman–Crippen LogP) is 3.08. The van der Waals surface area contributed by atoms with E-state index in [4.69, 9.17) is 0 Å². The Hall–Kier alpha value is -1.32. The number of hydrogen-bond acceptors (Lipinski definition) is 2. The number of nitrogens with one attached hydrogen (secondary N) is 1. The number of H-pyrrole nitrogens is 1. The molecule has 1 aliphatic heterocycles. The molecule has 0 unspecified atom stereocenters. The molecular weight excluding hydrogens is 250 g/mol. The van der Waals surface area contributed by atoms with Crippen molar-refractivity contribution in [1.82, 2.24) is 15.1 Å². The summed E-state index contributed by atoms with van der Waals surface area (Å²) in [6.45, 7) is 0.922. The van der Waals surface area contributed by atoms with Crippen molar-refractivity contribution in [3.63, 3.8) is 0 Å². The van der Waals surface area contributed by atoms with Crippen LogP contribution >= 0.6 is 0 Å². The minimum Gasteiger partial charge on any atom is -0.334 e. The number of aromatic amines is 1. The van der Waals surface area contributed by atoms with Crippen molar-refractivity contribution < 1.29 is 4.79 Å². The van der Waals surface area contributed by atoms with Crippen LogP contribution in [0, 0.1) is 5.92 Å². The predicted molar refractivity (Wildman–Crippen MR) is 76.6 cm³/mol. The van der Waals surface area contributed by atoms with Crippen LogP contribution in [0.5, 0.6) is 0 Å². The van der Waals surface area contributed by atoms with Crippen LogP contribution in [0.3, 0.4) is 0 Å². The van der Waals surface area contributed by atoms with E-state index in [1.807, 2.05) is 6.07 Å². The number of likely N-dealkylation sites (tertiary alicyclic amines) is 1. The van der Waals surface area contributed by atoms with Gasteiger partial charge in [0.2, 0.25) is 0 Å². The highest BCUT2D eigenvalue weighted by Crippen LogP contribution is 2.39. The summed E-state index contributed by atoms with van der Waals surface area (Å²) < 4.78 is 0. The number of fused-ring (bicyclic) bond motifs is 1. The lowest BCUT2D eigenvalue weighted by molar-refractivity contribution is 0.0385. The topological polar surface area (TPSA) is 49.0 Å². The quantitative estimate of drug-likeness (QED) is 0.900. The largest absolute Gasteiger partial charge is 0.334 e. The van der Waals surface area contributed by atoms with Crippen LogP contribution in [0.25, 0.3) is 0 Å². The van der Waals surface area contributed by atoms with Crippen molar-refractivity contribution in [2.45, 2.75) is 63.3 Å². The van der Waals surface area contributed by atoms with E-state index in [9.17, 15) is 4.79 Å². The number of carbonyl (C=O) groups is 1. The van der Waals surface area contributed by atoms with Gasteiger partial charge in [0.25, 0.3) is 5.91 Å². The van der Waals surface area contributed by atoms with Gasteiger partial charge in [0, 0.05) is 24.2 Å². The first-order chi connectivity index (χ1) is 9.83. The smallest absolute Gasteiger partial charge is 0.274 e. The fraction of sp³-hybridized carbons (Fsp3) is 0.750. The van der Waals surface area contributed by atoms with Crippen LogP contribution in [0.1, 0.15) is 73.5 Å². The average Bonchev–Trinajstić information content (AvgIpc) is 3.23. The molecule has 0 spiro atoms. The monoisotopic (exact) mass is 273 g/mol. The molecule has 0 aromatic carbocycles. The van der Waals surface area contributed by atoms with Gasteiger partial charge in [0.15, 0.2) is 0 Å². The van der Waals surface area contributed by atoms with E-state index < -0.39 is 0 Å². The molecule has 2 aliphatic carbocycles. The Morgan fingerprint density at radius 3 is 2.80 bits per heavy atom. The number of piperidine rings is 1. The summed E-state index contributed by atoms with van der Waals surface area (Å²) in [7, 11) is 0. The zero-order valence-corrected chi connectivity index (χ0v) is 12.0. The van der Waals surface area contributed by atoms with E-state index in [1.165, 1.54) is 44.9 Å². The molecule has 3 fully saturated rings. The molecule has 4 heteroatoms. The van der Waals surface area contributed by atoms with E-state index in [-0.39, 0.29) is 5.91 Å². The van der Waals surface area contributed by atoms with Gasteiger partial charge < -0.3 is 4.90 Å². The Morgan fingerprint density at radius 1 is 1.15 bits per heavy atom. The zero-order valence-electron chi connectivity index (χ0n) is 12.0. The van der Waals surface area contributed by atoms with Crippen LogP contribution in [0.15, 0.2) is 6.07 Å². The summed E-state index contributed by atoms with van der Waals surface area (Å²) in [6.07, 6.45) is 10.1. The van der Waals surface area contributed by atoms with Crippen molar-refractivity contribution in [3.05, 3.63) is 17.5 Å². The van der Waals surface area contributed by atoms with E-state index in [0.717, 1.165) is 24.6 Å². The molecule has 1 aromatic rings. The van der Waals surface area contributed by atoms with E-state index >= 15 is 0 Å². The first-order valence-corrected chi connectivity index (χ1v) is 8.19. The highest BCUT2D eigenvalue weighted by Gasteiger charge is 2.37. The summed E-state index contributed by atoms with van der Waals surface area (Å²) in [5.41, 5.74) is 1.80. The van der Waals surface area contributed by atoms with Gasteiger partial charge in [-0.25, -0.2) is 0 Å². The van der Waals surface area contributed by atoms with Crippen molar-refractivity contribution in [3.8, 4) is 0 Å². The Morgan fingerprint density at radius 2 is 1.95 bits per heavy atom. The molecule has 2 saturated carbocycles. The minimum absolute atomic E-state index is 0.157. The highest BCUT2D eigenvalue weighted by atomic mass is 16.2. The Bertz CT molecular complexity index is 504. The van der Waals surface area contributed by atoms with E-state index in [0.29, 0.717) is 17.7 Å². The molecule has 2 heterocycles. The average molecular weight is 273 g/mol. The molecule has 0 bridgehead atoms. The van der Waals surface area contributed by atoms with Crippen molar-refractivity contribution in [2.75, 3.05) is 6.54 Å². The first-order valence-electron chi connectivity index (χ1n) is 8.19. The standard InChI is InChI=1S/C16H23N3O/c20-16(14-10-13(17-18-14)11-7-8-11)19-9-3-5-12-4-1-2-6-15(12)19/h10-12,15H,1-9H2,(H,17,18)/t12-,15-/m1/s1. The molecule has 1 aromatic heterocycles. The third kappa shape index (κ3) is 2.15. The Labute approximate surface area is 119 Å². The lowest BCUT2D eigenvalue weighted by Gasteiger charge is -2.43. The molecule has 3 aliphatic rings. The molecule has 2 atom stereocenters. The maximum atomic E-state index is 12.8. The first kappa shape index (κ1) is 12.4. The van der Waals surface area contributed by atoms with E-state index in [2.05, 4.69) is 15.1 Å². The number of rotatable bonds is 2. The molecule has 4 nitrogen and oxygen atoms in total. The van der Waals surface area contributed by atoms with Crippen molar-refractivity contribution in [2.24, 2.45) is 5.92 Å². The second kappa shape index (κ2) is 4.90. The van der Waals surface area contributed by atoms with Gasteiger partial charge in [-0.05, 0) is 50.5 Å². The normalized spacial score (nSPS) is 30.1. The van der Waals surface area contributed by atoms with Gasteiger partial charge >= 0.3 is 0 Å². The highest BCUT2D eigenvalue weighted by molar-refractivity contribution is 5.92. The van der Waals surface area contributed by atoms with Crippen molar-refractivity contribution in [1.29, 1.82) is 0 Å². The molecule has 108 valence electrons. The summed E-state index contributed by atoms with van der Waals surface area (Å²) in [6, 6.07) is 2.47. The molecule has 1 amide bonds. The summed E-state index contributed by atoms with van der Waals surface area (Å²) >= 11 is 0. The van der Waals surface area contributed by atoms with E-state index in [1.54, 1.807) is 0 Å². The SMILES string of the molecule is O=C(c1cc(C2CC2)[nH]n1)N1CCC[C@H]2CCCC[C@H]21. The minimum atomic E-state index is 0.157. The molecule has 1 N–H and O–H groups in total. The summed E-state index contributed by atoms with van der Waals surface area (Å²) in [4.78, 5) is 14.9. The third-order valence-electron chi connectivity index (χ3n) is 5.34. The fourth-order valence-electron chi connectivity index (χ4n) is 4.07. The number of carbonyl (C=O) groups excluding carboxylic acids is 1. The van der Waals surface area contributed by atoms with Gasteiger partial charge in [0.05, 0.1) is 0 Å². The zero-order chi connectivity index (χ0) is 13.5. The maximum Gasteiger partial charge on any atom is 0.274 e. The van der Waals surface area contributed by atoms with Gasteiger partial charge in [-0.15, -0.1) is 0 Å². The second-order valence-corrected chi connectivity index (χ2v) is 6.74. The van der Waals surface area contributed by atoms with Gasteiger partial charge in [-0.3, -0.25) is 9.89 Å². The molecule has 20 heavy (non-hydrogen) atoms. The van der Waals surface area contributed by atoms with Crippen LogP contribution in [-0.4, -0.2) is 33.6 Å². The molecule has 1 saturated heterocycles. The Balaban J connectivity index is 1.53. The summed E-state index contributed by atoms with van der Waals surface area (Å²) in [5.74, 6) is 1.53. The lowest BCUT2D eigenvalue weighted by atomic mass is 9.78. The van der Waals surface area contributed by atoms with Crippen LogP contribution < -0.4 is 0 Å². The van der Waals surface area contributed by atoms with Gasteiger partial charge in [0.1, 0.15) is 5.69 Å². The van der Waals surface area contributed by atoms with Gasteiger partial charge in [-0.1, -0.05) is 12.8 Å². The van der Waals surface area contributed by atoms with Crippen molar-refractivity contribution >= 4 is 5.91 Å². The number of aromatic nitrogens is 2. The lowest BCUT2D eigenvalue weighted by Crippen LogP contribution is -2.49. The fourth-order valence-corrected chi connectivity index (χ4v) is 4.07. The Kier molecular flexibility index (Phi) is 3.04. The van der Waals surface area contributed by atoms with Crippen LogP contribution in [0.4, 0.5) is 0 Å². The third-order valence-corrected chi connectivity index (χ3v) is 5.34. The number of hydrogen-bond donors (Lipinski definition) is 1. The molecule has 0 radical (unpaired) electrons. The van der Waals surface area contributed by atoms with Crippen LogP contribution in [-0.2, 0) is 0 Å². The van der Waals surface area contributed by atoms with Gasteiger partial charge in [-0.2, -0.15) is 5.10 Å². The maximum absolute atomic E-state index is 12.8.